The minimum absolute atomic E-state index is 0.144. The molecule has 2 aromatic rings. The highest BCUT2D eigenvalue weighted by Gasteiger charge is 2.19. The molecule has 1 atom stereocenters. The lowest BCUT2D eigenvalue weighted by Gasteiger charge is -2.23. The molecule has 0 saturated heterocycles. The zero-order valence-electron chi connectivity index (χ0n) is 16.0. The van der Waals surface area contributed by atoms with Crippen LogP contribution in [0.25, 0.3) is 0 Å². The lowest BCUT2D eigenvalue weighted by Crippen LogP contribution is -2.35. The fraction of sp³-hybridized carbons (Fsp3) is 0.333. The first-order valence-corrected chi connectivity index (χ1v) is 8.62. The van der Waals surface area contributed by atoms with E-state index in [1.54, 1.807) is 25.3 Å². The van der Waals surface area contributed by atoms with Crippen LogP contribution in [0.3, 0.4) is 0 Å². The van der Waals surface area contributed by atoms with Gasteiger partial charge in [-0.05, 0) is 35.7 Å². The first-order chi connectivity index (χ1) is 13.0. The molecule has 0 aliphatic heterocycles. The van der Waals surface area contributed by atoms with Gasteiger partial charge in [-0.25, -0.2) is 0 Å². The van der Waals surface area contributed by atoms with E-state index in [1.165, 1.54) is 7.11 Å². The number of nitrogens with zero attached hydrogens (tertiary/aromatic N) is 1. The lowest BCUT2D eigenvalue weighted by molar-refractivity contribution is -0.124. The maximum absolute atomic E-state index is 12.4. The molecule has 0 bridgehead atoms. The van der Waals surface area contributed by atoms with Gasteiger partial charge in [-0.1, -0.05) is 26.0 Å². The van der Waals surface area contributed by atoms with E-state index in [9.17, 15) is 4.79 Å². The first-order valence-electron chi connectivity index (χ1n) is 8.62. The summed E-state index contributed by atoms with van der Waals surface area (Å²) in [5, 5.41) is 11.9. The van der Waals surface area contributed by atoms with E-state index in [2.05, 4.69) is 5.32 Å². The van der Waals surface area contributed by atoms with E-state index in [4.69, 9.17) is 19.5 Å². The van der Waals surface area contributed by atoms with Crippen molar-refractivity contribution in [2.75, 3.05) is 20.8 Å². The van der Waals surface area contributed by atoms with E-state index < -0.39 is 0 Å². The number of carbonyl (C=O) groups is 1. The molecular weight excluding hydrogens is 344 g/mol. The fourth-order valence-corrected chi connectivity index (χ4v) is 2.66. The van der Waals surface area contributed by atoms with Crippen molar-refractivity contribution in [2.45, 2.75) is 19.9 Å². The summed E-state index contributed by atoms with van der Waals surface area (Å²) in [6, 6.07) is 14.3. The number of hydrogen-bond acceptors (Lipinski definition) is 5. The van der Waals surface area contributed by atoms with Crippen LogP contribution in [0.2, 0.25) is 0 Å². The number of carbonyl (C=O) groups excluding carboxylic acids is 1. The zero-order valence-corrected chi connectivity index (χ0v) is 16.0. The van der Waals surface area contributed by atoms with Crippen molar-refractivity contribution in [2.24, 2.45) is 5.92 Å². The highest BCUT2D eigenvalue weighted by atomic mass is 16.5. The maximum Gasteiger partial charge on any atom is 0.258 e. The second kappa shape index (κ2) is 9.48. The van der Waals surface area contributed by atoms with Crippen LogP contribution in [0.5, 0.6) is 17.2 Å². The number of nitrogens with one attached hydrogen (secondary N) is 1. The van der Waals surface area contributed by atoms with Crippen LogP contribution >= 0.6 is 0 Å². The van der Waals surface area contributed by atoms with Gasteiger partial charge in [-0.2, -0.15) is 5.26 Å². The van der Waals surface area contributed by atoms with Gasteiger partial charge in [0.15, 0.2) is 18.1 Å². The Kier molecular flexibility index (Phi) is 7.07. The second-order valence-electron chi connectivity index (χ2n) is 6.33. The van der Waals surface area contributed by atoms with Crippen molar-refractivity contribution >= 4 is 5.91 Å². The van der Waals surface area contributed by atoms with Crippen LogP contribution in [0.15, 0.2) is 42.5 Å². The van der Waals surface area contributed by atoms with Crippen LogP contribution in [-0.2, 0) is 4.79 Å². The highest BCUT2D eigenvalue weighted by molar-refractivity contribution is 5.78. The summed E-state index contributed by atoms with van der Waals surface area (Å²) in [6.07, 6.45) is 0. The molecule has 1 N–H and O–H groups in total. The molecule has 0 heterocycles. The monoisotopic (exact) mass is 368 g/mol. The van der Waals surface area contributed by atoms with Gasteiger partial charge >= 0.3 is 0 Å². The molecule has 6 nitrogen and oxygen atoms in total. The average molecular weight is 368 g/mol. The second-order valence-corrected chi connectivity index (χ2v) is 6.33. The molecular formula is C21H24N2O4. The maximum atomic E-state index is 12.4. The van der Waals surface area contributed by atoms with Crippen molar-refractivity contribution in [3.63, 3.8) is 0 Å². The smallest absolute Gasteiger partial charge is 0.258 e. The van der Waals surface area contributed by atoms with Crippen molar-refractivity contribution in [1.82, 2.24) is 5.32 Å². The largest absolute Gasteiger partial charge is 0.497 e. The first kappa shape index (κ1) is 20.1. The van der Waals surface area contributed by atoms with E-state index in [1.807, 2.05) is 44.2 Å². The normalized spacial score (nSPS) is 11.4. The average Bonchev–Trinajstić information content (AvgIpc) is 2.70. The Hall–Kier alpha value is -3.20. The molecule has 0 aromatic heterocycles. The van der Waals surface area contributed by atoms with Gasteiger partial charge in [0, 0.05) is 6.07 Å². The molecule has 27 heavy (non-hydrogen) atoms. The molecule has 2 rings (SSSR count). The number of ether oxygens (including phenoxy) is 3. The lowest BCUT2D eigenvalue weighted by atomic mass is 9.96. The molecule has 0 spiro atoms. The SMILES string of the molecule is COc1ccc(C(NC(=O)COc2ccc(C#N)cc2OC)C(C)C)cc1. The van der Waals surface area contributed by atoms with Crippen molar-refractivity contribution in [1.29, 1.82) is 5.26 Å². The van der Waals surface area contributed by atoms with E-state index in [0.717, 1.165) is 11.3 Å². The Morgan fingerprint density at radius 2 is 1.78 bits per heavy atom. The predicted molar refractivity (Wildman–Crippen MR) is 102 cm³/mol. The molecule has 1 amide bonds. The van der Waals surface area contributed by atoms with Gasteiger partial charge in [0.25, 0.3) is 5.91 Å². The van der Waals surface area contributed by atoms with E-state index in [-0.39, 0.29) is 24.5 Å². The van der Waals surface area contributed by atoms with Crippen molar-refractivity contribution in [3.05, 3.63) is 53.6 Å². The van der Waals surface area contributed by atoms with Gasteiger partial charge < -0.3 is 19.5 Å². The molecule has 142 valence electrons. The van der Waals surface area contributed by atoms with Crippen molar-refractivity contribution < 1.29 is 19.0 Å². The Morgan fingerprint density at radius 1 is 1.07 bits per heavy atom. The molecule has 2 aromatic carbocycles. The van der Waals surface area contributed by atoms with Crippen LogP contribution < -0.4 is 19.5 Å². The number of hydrogen-bond donors (Lipinski definition) is 1. The summed E-state index contributed by atoms with van der Waals surface area (Å²) in [4.78, 5) is 12.4. The Balaban J connectivity index is 2.03. The quantitative estimate of drug-likeness (QED) is 0.772. The van der Waals surface area contributed by atoms with Crippen LogP contribution in [0.1, 0.15) is 31.0 Å². The van der Waals surface area contributed by atoms with Crippen LogP contribution in [0, 0.1) is 17.2 Å². The van der Waals surface area contributed by atoms with Gasteiger partial charge in [-0.15, -0.1) is 0 Å². The molecule has 0 aliphatic carbocycles. The Morgan fingerprint density at radius 3 is 2.33 bits per heavy atom. The third-order valence-electron chi connectivity index (χ3n) is 4.11. The zero-order chi connectivity index (χ0) is 19.8. The van der Waals surface area contributed by atoms with Gasteiger partial charge in [0.1, 0.15) is 5.75 Å². The fourth-order valence-electron chi connectivity index (χ4n) is 2.66. The highest BCUT2D eigenvalue weighted by Crippen LogP contribution is 2.28. The number of benzene rings is 2. The number of methoxy groups -OCH3 is 2. The topological polar surface area (TPSA) is 80.6 Å². The molecule has 6 heteroatoms. The van der Waals surface area contributed by atoms with Gasteiger partial charge in [0.2, 0.25) is 0 Å². The Labute approximate surface area is 159 Å². The molecule has 1 unspecified atom stereocenters. The summed E-state index contributed by atoms with van der Waals surface area (Å²) in [6.45, 7) is 3.93. The van der Waals surface area contributed by atoms with Crippen molar-refractivity contribution in [3.8, 4) is 23.3 Å². The minimum atomic E-state index is -0.240. The standard InChI is InChI=1S/C21H24N2O4/c1-14(2)21(16-6-8-17(25-3)9-7-16)23-20(24)13-27-18-10-5-15(12-22)11-19(18)26-4/h5-11,14,21H,13H2,1-4H3,(H,23,24). The summed E-state index contributed by atoms with van der Waals surface area (Å²) >= 11 is 0. The number of amides is 1. The number of rotatable bonds is 8. The predicted octanol–water partition coefficient (Wildman–Crippen LogP) is 3.47. The third kappa shape index (κ3) is 5.38. The molecule has 0 radical (unpaired) electrons. The Bertz CT molecular complexity index is 810. The molecule has 0 fully saturated rings. The summed E-state index contributed by atoms with van der Waals surface area (Å²) in [5.41, 5.74) is 1.46. The minimum Gasteiger partial charge on any atom is -0.497 e. The summed E-state index contributed by atoms with van der Waals surface area (Å²) in [7, 11) is 3.10. The third-order valence-corrected chi connectivity index (χ3v) is 4.11. The van der Waals surface area contributed by atoms with Crippen LogP contribution in [0.4, 0.5) is 0 Å². The van der Waals surface area contributed by atoms with Gasteiger partial charge in [0.05, 0.1) is 31.9 Å². The summed E-state index contributed by atoms with van der Waals surface area (Å²) < 4.78 is 16.0. The number of nitriles is 1. The summed E-state index contributed by atoms with van der Waals surface area (Å²) in [5.74, 6) is 1.56. The van der Waals surface area contributed by atoms with Gasteiger partial charge in [-0.3, -0.25) is 4.79 Å². The van der Waals surface area contributed by atoms with E-state index >= 15 is 0 Å². The molecule has 0 aliphatic rings. The van der Waals surface area contributed by atoms with E-state index in [0.29, 0.717) is 17.1 Å². The van der Waals surface area contributed by atoms with Crippen LogP contribution in [-0.4, -0.2) is 26.7 Å². The molecule has 0 saturated carbocycles.